The fourth-order valence-corrected chi connectivity index (χ4v) is 2.84. The minimum absolute atomic E-state index is 0.468. The van der Waals surface area contributed by atoms with Crippen LogP contribution in [-0.4, -0.2) is 16.0 Å². The second-order valence-electron chi connectivity index (χ2n) is 4.51. The molecule has 0 spiro atoms. The van der Waals surface area contributed by atoms with E-state index in [9.17, 15) is 0 Å². The van der Waals surface area contributed by atoms with Crippen LogP contribution in [0.1, 0.15) is 38.7 Å². The molecule has 0 fully saturated rings. The highest BCUT2D eigenvalue weighted by atomic mass is 32.1. The van der Waals surface area contributed by atoms with Gasteiger partial charge in [-0.15, -0.1) is 11.3 Å². The standard InChI is InChI=1S/C13H19N3S/c1-4-5-6-10(3)16-13-12-11(14-8-15-13)9(2)7-17-12/h7-8,10H,4-6H2,1-3H3,(H,14,15,16). The highest BCUT2D eigenvalue weighted by Gasteiger charge is 2.09. The van der Waals surface area contributed by atoms with Crippen molar-refractivity contribution in [3.05, 3.63) is 17.3 Å². The molecule has 0 saturated heterocycles. The third kappa shape index (κ3) is 2.75. The number of aromatic nitrogens is 2. The Morgan fingerprint density at radius 1 is 1.41 bits per heavy atom. The van der Waals surface area contributed by atoms with E-state index in [0.717, 1.165) is 11.3 Å². The first-order chi connectivity index (χ1) is 8.22. The van der Waals surface area contributed by atoms with Crippen LogP contribution in [0.5, 0.6) is 0 Å². The lowest BCUT2D eigenvalue weighted by Gasteiger charge is -2.14. The van der Waals surface area contributed by atoms with Crippen molar-refractivity contribution in [2.45, 2.75) is 46.1 Å². The summed E-state index contributed by atoms with van der Waals surface area (Å²) in [6.45, 7) is 6.53. The fourth-order valence-electron chi connectivity index (χ4n) is 1.89. The van der Waals surface area contributed by atoms with E-state index in [1.807, 2.05) is 0 Å². The molecule has 3 nitrogen and oxygen atoms in total. The van der Waals surface area contributed by atoms with Crippen LogP contribution in [0.25, 0.3) is 10.2 Å². The van der Waals surface area contributed by atoms with E-state index in [-0.39, 0.29) is 0 Å². The molecule has 2 heterocycles. The van der Waals surface area contributed by atoms with Crippen LogP contribution in [0.15, 0.2) is 11.7 Å². The number of rotatable bonds is 5. The zero-order valence-corrected chi connectivity index (χ0v) is 11.5. The number of hydrogen-bond acceptors (Lipinski definition) is 4. The Morgan fingerprint density at radius 2 is 2.24 bits per heavy atom. The number of hydrogen-bond donors (Lipinski definition) is 1. The van der Waals surface area contributed by atoms with Crippen LogP contribution in [0.3, 0.4) is 0 Å². The predicted octanol–water partition coefficient (Wildman–Crippen LogP) is 3.99. The molecule has 2 rings (SSSR count). The zero-order chi connectivity index (χ0) is 12.3. The summed E-state index contributed by atoms with van der Waals surface area (Å²) in [4.78, 5) is 8.69. The highest BCUT2D eigenvalue weighted by Crippen LogP contribution is 2.28. The molecule has 92 valence electrons. The van der Waals surface area contributed by atoms with Crippen molar-refractivity contribution >= 4 is 27.4 Å². The molecule has 0 aromatic carbocycles. The van der Waals surface area contributed by atoms with Crippen LogP contribution in [0, 0.1) is 6.92 Å². The second-order valence-corrected chi connectivity index (χ2v) is 5.39. The maximum atomic E-state index is 4.36. The van der Waals surface area contributed by atoms with Gasteiger partial charge in [-0.25, -0.2) is 9.97 Å². The van der Waals surface area contributed by atoms with E-state index in [4.69, 9.17) is 0 Å². The Bertz CT molecular complexity index is 492. The number of nitrogens with one attached hydrogen (secondary N) is 1. The summed E-state index contributed by atoms with van der Waals surface area (Å²) in [6.07, 6.45) is 5.33. The van der Waals surface area contributed by atoms with E-state index in [0.29, 0.717) is 6.04 Å². The average Bonchev–Trinajstić information content (AvgIpc) is 2.70. The first-order valence-electron chi connectivity index (χ1n) is 6.17. The van der Waals surface area contributed by atoms with Gasteiger partial charge >= 0.3 is 0 Å². The molecule has 1 unspecified atom stereocenters. The number of anilines is 1. The van der Waals surface area contributed by atoms with Gasteiger partial charge in [-0.2, -0.15) is 0 Å². The van der Waals surface area contributed by atoms with Gasteiger partial charge in [0.15, 0.2) is 0 Å². The molecule has 0 bridgehead atoms. The number of aryl methyl sites for hydroxylation is 1. The zero-order valence-electron chi connectivity index (χ0n) is 10.7. The smallest absolute Gasteiger partial charge is 0.147 e. The Balaban J connectivity index is 2.18. The first-order valence-corrected chi connectivity index (χ1v) is 7.05. The molecule has 1 atom stereocenters. The summed E-state index contributed by atoms with van der Waals surface area (Å²) in [5, 5.41) is 5.63. The lowest BCUT2D eigenvalue weighted by Crippen LogP contribution is -2.15. The highest BCUT2D eigenvalue weighted by molar-refractivity contribution is 7.18. The predicted molar refractivity (Wildman–Crippen MR) is 74.8 cm³/mol. The lowest BCUT2D eigenvalue weighted by atomic mass is 10.1. The SMILES string of the molecule is CCCCC(C)Nc1ncnc2c(C)csc12. The summed E-state index contributed by atoms with van der Waals surface area (Å²) < 4.78 is 1.17. The minimum atomic E-state index is 0.468. The van der Waals surface area contributed by atoms with E-state index in [1.165, 1.54) is 29.5 Å². The maximum absolute atomic E-state index is 4.36. The Labute approximate surface area is 106 Å². The van der Waals surface area contributed by atoms with Crippen molar-refractivity contribution in [2.75, 3.05) is 5.32 Å². The largest absolute Gasteiger partial charge is 0.366 e. The van der Waals surface area contributed by atoms with E-state index in [2.05, 4.69) is 41.4 Å². The molecule has 0 aliphatic rings. The minimum Gasteiger partial charge on any atom is -0.366 e. The molecule has 4 heteroatoms. The van der Waals surface area contributed by atoms with Gasteiger partial charge in [-0.05, 0) is 31.2 Å². The van der Waals surface area contributed by atoms with Gasteiger partial charge < -0.3 is 5.32 Å². The van der Waals surface area contributed by atoms with E-state index >= 15 is 0 Å². The summed E-state index contributed by atoms with van der Waals surface area (Å²) in [7, 11) is 0. The van der Waals surface area contributed by atoms with Gasteiger partial charge in [-0.1, -0.05) is 19.8 Å². The number of nitrogens with zero attached hydrogens (tertiary/aromatic N) is 2. The van der Waals surface area contributed by atoms with Crippen molar-refractivity contribution in [1.82, 2.24) is 9.97 Å². The third-order valence-corrected chi connectivity index (χ3v) is 4.00. The molecule has 0 aliphatic heterocycles. The van der Waals surface area contributed by atoms with Gasteiger partial charge in [0.2, 0.25) is 0 Å². The Kier molecular flexibility index (Phi) is 3.94. The van der Waals surface area contributed by atoms with Crippen molar-refractivity contribution in [1.29, 1.82) is 0 Å². The number of fused-ring (bicyclic) bond motifs is 1. The van der Waals surface area contributed by atoms with Crippen LogP contribution >= 0.6 is 11.3 Å². The first kappa shape index (κ1) is 12.3. The molecule has 1 N–H and O–H groups in total. The lowest BCUT2D eigenvalue weighted by molar-refractivity contribution is 0.644. The average molecular weight is 249 g/mol. The number of thiophene rings is 1. The Morgan fingerprint density at radius 3 is 3.00 bits per heavy atom. The van der Waals surface area contributed by atoms with E-state index < -0.39 is 0 Å². The summed E-state index contributed by atoms with van der Waals surface area (Å²) >= 11 is 1.72. The van der Waals surface area contributed by atoms with Crippen molar-refractivity contribution in [2.24, 2.45) is 0 Å². The van der Waals surface area contributed by atoms with Gasteiger partial charge in [0, 0.05) is 6.04 Å². The molecular weight excluding hydrogens is 230 g/mol. The van der Waals surface area contributed by atoms with Gasteiger partial charge in [0.1, 0.15) is 12.1 Å². The summed E-state index contributed by atoms with van der Waals surface area (Å²) in [6, 6.07) is 0.468. The topological polar surface area (TPSA) is 37.8 Å². The summed E-state index contributed by atoms with van der Waals surface area (Å²) in [5.41, 5.74) is 2.31. The monoisotopic (exact) mass is 249 g/mol. The summed E-state index contributed by atoms with van der Waals surface area (Å²) in [5.74, 6) is 0.983. The van der Waals surface area contributed by atoms with Gasteiger partial charge in [-0.3, -0.25) is 0 Å². The second kappa shape index (κ2) is 5.45. The van der Waals surface area contributed by atoms with Crippen molar-refractivity contribution in [3.63, 3.8) is 0 Å². The Hall–Kier alpha value is -1.16. The van der Waals surface area contributed by atoms with Crippen LogP contribution in [0.2, 0.25) is 0 Å². The molecule has 0 radical (unpaired) electrons. The normalized spacial score (nSPS) is 12.9. The molecule has 2 aromatic heterocycles. The van der Waals surface area contributed by atoms with E-state index in [1.54, 1.807) is 17.7 Å². The number of unbranched alkanes of at least 4 members (excludes halogenated alkanes) is 1. The van der Waals surface area contributed by atoms with Crippen LogP contribution in [0.4, 0.5) is 5.82 Å². The maximum Gasteiger partial charge on any atom is 0.147 e. The van der Waals surface area contributed by atoms with Gasteiger partial charge in [0.05, 0.1) is 10.2 Å². The van der Waals surface area contributed by atoms with Crippen molar-refractivity contribution < 1.29 is 0 Å². The molecule has 17 heavy (non-hydrogen) atoms. The molecule has 0 amide bonds. The van der Waals surface area contributed by atoms with Gasteiger partial charge in [0.25, 0.3) is 0 Å². The molecular formula is C13H19N3S. The molecule has 0 aliphatic carbocycles. The van der Waals surface area contributed by atoms with Crippen LogP contribution in [-0.2, 0) is 0 Å². The molecule has 2 aromatic rings. The van der Waals surface area contributed by atoms with Crippen LogP contribution < -0.4 is 5.32 Å². The third-order valence-electron chi connectivity index (χ3n) is 2.90. The van der Waals surface area contributed by atoms with Crippen molar-refractivity contribution in [3.8, 4) is 0 Å². The quantitative estimate of drug-likeness (QED) is 0.870. The fraction of sp³-hybridized carbons (Fsp3) is 0.538. The molecule has 0 saturated carbocycles.